The highest BCUT2D eigenvalue weighted by Crippen LogP contribution is 2.29. The minimum atomic E-state index is 0.116. The average Bonchev–Trinajstić information content (AvgIpc) is 3.02. The molecule has 1 aromatic carbocycles. The second-order valence-corrected chi connectivity index (χ2v) is 5.59. The predicted octanol–water partition coefficient (Wildman–Crippen LogP) is 3.42. The second kappa shape index (κ2) is 5.02. The van der Waals surface area contributed by atoms with Gasteiger partial charge in [-0.15, -0.1) is 17.9 Å². The molecular weight excluding hydrogens is 270 g/mol. The molecule has 20 heavy (non-hydrogen) atoms. The topological polar surface area (TPSA) is 74.9 Å². The first-order valence-corrected chi connectivity index (χ1v) is 7.18. The van der Waals surface area contributed by atoms with Crippen molar-refractivity contribution in [3.05, 3.63) is 53.7 Å². The molecular formula is C15H15N3OS. The standard InChI is InChI=1S/C15H15N3OS/c1-2-9(14-8-20-15(16)18-14)5-10-7-17-13-4-3-11(19)6-12(10)13/h2-4,6-9,17,19H,1,5H2,(H2,16,18)/t9-/m0/s1. The van der Waals surface area contributed by atoms with E-state index in [4.69, 9.17) is 5.73 Å². The van der Waals surface area contributed by atoms with Gasteiger partial charge in [0, 0.05) is 28.4 Å². The SMILES string of the molecule is C=C[C@@H](Cc1c[nH]c2ccc(O)cc12)c1csc(N)n1. The number of rotatable bonds is 4. The third-order valence-electron chi connectivity index (χ3n) is 3.39. The third kappa shape index (κ3) is 2.28. The van der Waals surface area contributed by atoms with Gasteiger partial charge in [0.1, 0.15) is 5.75 Å². The minimum absolute atomic E-state index is 0.116. The molecule has 4 nitrogen and oxygen atoms in total. The fourth-order valence-corrected chi connectivity index (χ4v) is 2.98. The number of nitrogens with two attached hydrogens (primary N) is 1. The number of anilines is 1. The summed E-state index contributed by atoms with van der Waals surface area (Å²) >= 11 is 1.44. The smallest absolute Gasteiger partial charge is 0.180 e. The lowest BCUT2D eigenvalue weighted by molar-refractivity contribution is 0.476. The van der Waals surface area contributed by atoms with Crippen LogP contribution in [0.15, 0.2) is 42.4 Å². The number of thiazole rings is 1. The summed E-state index contributed by atoms with van der Waals surface area (Å²) in [6.07, 6.45) is 4.63. The van der Waals surface area contributed by atoms with Crippen LogP contribution in [0.3, 0.4) is 0 Å². The number of nitrogens with one attached hydrogen (secondary N) is 1. The van der Waals surface area contributed by atoms with Crippen LogP contribution in [0.2, 0.25) is 0 Å². The molecule has 0 bridgehead atoms. The van der Waals surface area contributed by atoms with E-state index in [0.717, 1.165) is 28.6 Å². The first-order valence-electron chi connectivity index (χ1n) is 6.30. The molecule has 0 saturated carbocycles. The van der Waals surface area contributed by atoms with Gasteiger partial charge in [0.15, 0.2) is 5.13 Å². The molecule has 3 aromatic rings. The molecule has 0 radical (unpaired) electrons. The highest BCUT2D eigenvalue weighted by Gasteiger charge is 2.14. The first kappa shape index (κ1) is 12.7. The van der Waals surface area contributed by atoms with Crippen molar-refractivity contribution in [1.82, 2.24) is 9.97 Å². The van der Waals surface area contributed by atoms with Crippen LogP contribution in [0.1, 0.15) is 17.2 Å². The number of phenolic OH excluding ortho intramolecular Hbond substituents is 1. The van der Waals surface area contributed by atoms with Gasteiger partial charge in [-0.1, -0.05) is 6.08 Å². The van der Waals surface area contributed by atoms with E-state index in [-0.39, 0.29) is 11.7 Å². The molecule has 0 aliphatic heterocycles. The Hall–Kier alpha value is -2.27. The number of H-pyrrole nitrogens is 1. The van der Waals surface area contributed by atoms with Crippen molar-refractivity contribution in [3.63, 3.8) is 0 Å². The Labute approximate surface area is 120 Å². The summed E-state index contributed by atoms with van der Waals surface area (Å²) in [7, 11) is 0. The zero-order valence-electron chi connectivity index (χ0n) is 10.8. The number of hydrogen-bond acceptors (Lipinski definition) is 4. The van der Waals surface area contributed by atoms with Gasteiger partial charge >= 0.3 is 0 Å². The van der Waals surface area contributed by atoms with Crippen molar-refractivity contribution < 1.29 is 5.11 Å². The van der Waals surface area contributed by atoms with Crippen LogP contribution >= 0.6 is 11.3 Å². The molecule has 0 unspecified atom stereocenters. The van der Waals surface area contributed by atoms with Gasteiger partial charge in [0.25, 0.3) is 0 Å². The Kier molecular flexibility index (Phi) is 3.20. The molecule has 2 heterocycles. The average molecular weight is 285 g/mol. The number of hydrogen-bond donors (Lipinski definition) is 3. The Bertz CT molecular complexity index is 759. The fraction of sp³-hybridized carbons (Fsp3) is 0.133. The molecule has 0 saturated heterocycles. The maximum Gasteiger partial charge on any atom is 0.180 e. The van der Waals surface area contributed by atoms with E-state index < -0.39 is 0 Å². The molecule has 0 aliphatic rings. The second-order valence-electron chi connectivity index (χ2n) is 4.70. The highest BCUT2D eigenvalue weighted by atomic mass is 32.1. The summed E-state index contributed by atoms with van der Waals surface area (Å²) in [5.41, 5.74) is 8.77. The molecule has 102 valence electrons. The number of phenols is 1. The molecule has 2 aromatic heterocycles. The van der Waals surface area contributed by atoms with Crippen LogP contribution in [-0.4, -0.2) is 15.1 Å². The summed E-state index contributed by atoms with van der Waals surface area (Å²) in [6, 6.07) is 5.32. The van der Waals surface area contributed by atoms with E-state index >= 15 is 0 Å². The molecule has 4 N–H and O–H groups in total. The van der Waals surface area contributed by atoms with Gasteiger partial charge in [0.05, 0.1) is 5.69 Å². The van der Waals surface area contributed by atoms with Crippen LogP contribution in [0.5, 0.6) is 5.75 Å². The first-order chi connectivity index (χ1) is 9.67. The fourth-order valence-electron chi connectivity index (χ4n) is 2.35. The Morgan fingerprint density at radius 1 is 1.50 bits per heavy atom. The molecule has 5 heteroatoms. The molecule has 3 rings (SSSR count). The maximum absolute atomic E-state index is 9.62. The van der Waals surface area contributed by atoms with E-state index in [1.54, 1.807) is 12.1 Å². The minimum Gasteiger partial charge on any atom is -0.508 e. The lowest BCUT2D eigenvalue weighted by Gasteiger charge is -2.09. The van der Waals surface area contributed by atoms with Gasteiger partial charge in [-0.05, 0) is 30.2 Å². The van der Waals surface area contributed by atoms with Crippen LogP contribution in [-0.2, 0) is 6.42 Å². The Morgan fingerprint density at radius 3 is 3.05 bits per heavy atom. The van der Waals surface area contributed by atoms with Crippen molar-refractivity contribution in [2.75, 3.05) is 5.73 Å². The van der Waals surface area contributed by atoms with Crippen molar-refractivity contribution in [1.29, 1.82) is 0 Å². The number of nitrogen functional groups attached to an aromatic ring is 1. The van der Waals surface area contributed by atoms with E-state index in [0.29, 0.717) is 5.13 Å². The maximum atomic E-state index is 9.62. The van der Waals surface area contributed by atoms with Gasteiger partial charge < -0.3 is 15.8 Å². The van der Waals surface area contributed by atoms with E-state index in [1.165, 1.54) is 11.3 Å². The number of aromatic nitrogens is 2. The summed E-state index contributed by atoms with van der Waals surface area (Å²) < 4.78 is 0. The summed E-state index contributed by atoms with van der Waals surface area (Å²) in [4.78, 5) is 7.54. The molecule has 0 fully saturated rings. The van der Waals surface area contributed by atoms with Gasteiger partial charge in [0.2, 0.25) is 0 Å². The van der Waals surface area contributed by atoms with Crippen molar-refractivity contribution in [2.24, 2.45) is 0 Å². The van der Waals surface area contributed by atoms with Crippen LogP contribution < -0.4 is 5.73 Å². The number of aromatic hydroxyl groups is 1. The van der Waals surface area contributed by atoms with E-state index in [1.807, 2.05) is 23.7 Å². The number of nitrogens with zero attached hydrogens (tertiary/aromatic N) is 1. The lowest BCUT2D eigenvalue weighted by atomic mass is 9.96. The van der Waals surface area contributed by atoms with Crippen LogP contribution in [0, 0.1) is 0 Å². The Morgan fingerprint density at radius 2 is 2.35 bits per heavy atom. The molecule has 1 atom stereocenters. The van der Waals surface area contributed by atoms with Crippen molar-refractivity contribution in [3.8, 4) is 5.75 Å². The molecule has 0 amide bonds. The normalized spacial score (nSPS) is 12.6. The van der Waals surface area contributed by atoms with Crippen LogP contribution in [0.25, 0.3) is 10.9 Å². The third-order valence-corrected chi connectivity index (χ3v) is 4.09. The number of allylic oxidation sites excluding steroid dienone is 1. The zero-order valence-corrected chi connectivity index (χ0v) is 11.7. The molecule has 0 spiro atoms. The van der Waals surface area contributed by atoms with E-state index in [2.05, 4.69) is 16.5 Å². The monoisotopic (exact) mass is 285 g/mol. The zero-order chi connectivity index (χ0) is 14.1. The van der Waals surface area contributed by atoms with Gasteiger partial charge in [-0.25, -0.2) is 4.98 Å². The lowest BCUT2D eigenvalue weighted by Crippen LogP contribution is -2.00. The van der Waals surface area contributed by atoms with Crippen LogP contribution in [0.4, 0.5) is 5.13 Å². The predicted molar refractivity (Wildman–Crippen MR) is 83.1 cm³/mol. The van der Waals surface area contributed by atoms with Gasteiger partial charge in [-0.2, -0.15) is 0 Å². The number of fused-ring (bicyclic) bond motifs is 1. The largest absolute Gasteiger partial charge is 0.508 e. The summed E-state index contributed by atoms with van der Waals surface area (Å²) in [6.45, 7) is 3.89. The Balaban J connectivity index is 1.95. The summed E-state index contributed by atoms with van der Waals surface area (Å²) in [5.74, 6) is 0.385. The number of benzene rings is 1. The highest BCUT2D eigenvalue weighted by molar-refractivity contribution is 7.13. The van der Waals surface area contributed by atoms with Crippen molar-refractivity contribution >= 4 is 27.4 Å². The van der Waals surface area contributed by atoms with Crippen molar-refractivity contribution in [2.45, 2.75) is 12.3 Å². The molecule has 0 aliphatic carbocycles. The summed E-state index contributed by atoms with van der Waals surface area (Å²) in [5, 5.41) is 13.2. The van der Waals surface area contributed by atoms with Gasteiger partial charge in [-0.3, -0.25) is 0 Å². The van der Waals surface area contributed by atoms with E-state index in [9.17, 15) is 5.11 Å². The quantitative estimate of drug-likeness (QED) is 0.643. The number of aromatic amines is 1.